The van der Waals surface area contributed by atoms with Crippen LogP contribution in [0, 0.1) is 0 Å². The van der Waals surface area contributed by atoms with E-state index in [-0.39, 0.29) is 24.4 Å². The third kappa shape index (κ3) is 5.91. The quantitative estimate of drug-likeness (QED) is 0.784. The van der Waals surface area contributed by atoms with Crippen molar-refractivity contribution >= 4 is 41.5 Å². The van der Waals surface area contributed by atoms with Gasteiger partial charge in [-0.15, -0.1) is 12.4 Å². The van der Waals surface area contributed by atoms with Crippen LogP contribution in [0.5, 0.6) is 5.75 Å². The van der Waals surface area contributed by atoms with Crippen LogP contribution in [0.4, 0.5) is 0 Å². The maximum atomic E-state index is 12.3. The Morgan fingerprint density at radius 3 is 2.52 bits per heavy atom. The lowest BCUT2D eigenvalue weighted by Crippen LogP contribution is -2.40. The number of ether oxygens (including phenoxy) is 1. The molecule has 120 valence electrons. The number of unbranched alkanes of at least 4 members (excludes halogenated alkanes) is 1. The molecule has 3 N–H and O–H groups in total. The first-order valence-electron chi connectivity index (χ1n) is 6.57. The van der Waals surface area contributed by atoms with Gasteiger partial charge in [0.2, 0.25) is 0 Å². The maximum Gasteiger partial charge on any atom is 0.255 e. The molecule has 0 saturated carbocycles. The minimum absolute atomic E-state index is 0. The van der Waals surface area contributed by atoms with Crippen molar-refractivity contribution in [3.8, 4) is 5.75 Å². The lowest BCUT2D eigenvalue weighted by molar-refractivity contribution is 0.0932. The minimum Gasteiger partial charge on any atom is -0.496 e. The van der Waals surface area contributed by atoms with Crippen molar-refractivity contribution in [1.29, 1.82) is 0 Å². The molecule has 0 spiro atoms. The molecule has 1 unspecified atom stereocenters. The van der Waals surface area contributed by atoms with E-state index in [0.29, 0.717) is 27.9 Å². The molecule has 0 saturated heterocycles. The Kier molecular flexibility index (Phi) is 9.79. The van der Waals surface area contributed by atoms with Crippen molar-refractivity contribution in [3.05, 3.63) is 27.7 Å². The average Bonchev–Trinajstić information content (AvgIpc) is 2.45. The van der Waals surface area contributed by atoms with Gasteiger partial charge in [-0.25, -0.2) is 0 Å². The highest BCUT2D eigenvalue weighted by Crippen LogP contribution is 2.30. The molecule has 1 aromatic carbocycles. The van der Waals surface area contributed by atoms with E-state index in [2.05, 4.69) is 12.2 Å². The molecule has 0 aliphatic rings. The monoisotopic (exact) mass is 354 g/mol. The molecule has 7 heteroatoms. The predicted octanol–water partition coefficient (Wildman–Crippen LogP) is 3.67. The molecule has 4 nitrogen and oxygen atoms in total. The fourth-order valence-electron chi connectivity index (χ4n) is 1.84. The molecule has 1 rings (SSSR count). The van der Waals surface area contributed by atoms with Crippen LogP contribution in [-0.2, 0) is 0 Å². The van der Waals surface area contributed by atoms with E-state index in [1.54, 1.807) is 0 Å². The lowest BCUT2D eigenvalue weighted by Gasteiger charge is -2.18. The standard InChI is InChI=1S/C14H20Cl2N2O2.ClH/c1-3-4-5-9(8-17)18-14(19)10-6-11(15)12(16)7-13(10)20-2;/h6-7,9H,3-5,8,17H2,1-2H3,(H,18,19);1H. The number of methoxy groups -OCH3 is 1. The van der Waals surface area contributed by atoms with Crippen LogP contribution in [0.3, 0.4) is 0 Å². The van der Waals surface area contributed by atoms with Gasteiger partial charge in [0.25, 0.3) is 5.91 Å². The van der Waals surface area contributed by atoms with E-state index >= 15 is 0 Å². The number of carbonyl (C=O) groups is 1. The maximum absolute atomic E-state index is 12.3. The Morgan fingerprint density at radius 1 is 1.38 bits per heavy atom. The summed E-state index contributed by atoms with van der Waals surface area (Å²) >= 11 is 11.9. The summed E-state index contributed by atoms with van der Waals surface area (Å²) < 4.78 is 5.16. The van der Waals surface area contributed by atoms with Gasteiger partial charge in [0.05, 0.1) is 22.7 Å². The largest absolute Gasteiger partial charge is 0.496 e. The number of hydrogen-bond acceptors (Lipinski definition) is 3. The molecule has 0 aliphatic carbocycles. The fraction of sp³-hybridized carbons (Fsp3) is 0.500. The van der Waals surface area contributed by atoms with Crippen molar-refractivity contribution in [2.75, 3.05) is 13.7 Å². The third-order valence-electron chi connectivity index (χ3n) is 3.01. The average molecular weight is 356 g/mol. The summed E-state index contributed by atoms with van der Waals surface area (Å²) in [6.45, 7) is 2.49. The van der Waals surface area contributed by atoms with Gasteiger partial charge in [0.15, 0.2) is 0 Å². The molecule has 0 aliphatic heterocycles. The summed E-state index contributed by atoms with van der Waals surface area (Å²) in [7, 11) is 1.48. The Bertz CT molecular complexity index is 470. The molecule has 1 amide bonds. The molecule has 1 aromatic rings. The molecule has 0 heterocycles. The van der Waals surface area contributed by atoms with Crippen molar-refractivity contribution in [2.24, 2.45) is 5.73 Å². The number of carbonyl (C=O) groups excluding carboxylic acids is 1. The summed E-state index contributed by atoms with van der Waals surface area (Å²) in [5, 5.41) is 3.56. The molecule has 1 atom stereocenters. The van der Waals surface area contributed by atoms with Gasteiger partial charge in [-0.1, -0.05) is 43.0 Å². The highest BCUT2D eigenvalue weighted by Gasteiger charge is 2.18. The van der Waals surface area contributed by atoms with Gasteiger partial charge < -0.3 is 15.8 Å². The van der Waals surface area contributed by atoms with E-state index < -0.39 is 0 Å². The second-order valence-electron chi connectivity index (χ2n) is 4.51. The number of amides is 1. The van der Waals surface area contributed by atoms with Crippen LogP contribution in [-0.4, -0.2) is 25.6 Å². The molecule has 0 radical (unpaired) electrons. The summed E-state index contributed by atoms with van der Waals surface area (Å²) in [6.07, 6.45) is 2.92. The van der Waals surface area contributed by atoms with E-state index in [1.165, 1.54) is 19.2 Å². The van der Waals surface area contributed by atoms with Crippen LogP contribution in [0.2, 0.25) is 10.0 Å². The number of halogens is 3. The van der Waals surface area contributed by atoms with Crippen LogP contribution < -0.4 is 15.8 Å². The number of hydrogen-bond donors (Lipinski definition) is 2. The van der Waals surface area contributed by atoms with Crippen LogP contribution in [0.25, 0.3) is 0 Å². The van der Waals surface area contributed by atoms with Gasteiger partial charge in [0, 0.05) is 18.7 Å². The Balaban J connectivity index is 0.00000400. The molecular weight excluding hydrogens is 335 g/mol. The Hall–Kier alpha value is -0.680. The predicted molar refractivity (Wildman–Crippen MR) is 90.1 cm³/mol. The van der Waals surface area contributed by atoms with Crippen LogP contribution in [0.15, 0.2) is 12.1 Å². The first-order valence-corrected chi connectivity index (χ1v) is 7.33. The van der Waals surface area contributed by atoms with Crippen LogP contribution in [0.1, 0.15) is 36.5 Å². The summed E-state index contributed by atoms with van der Waals surface area (Å²) in [5.74, 6) is 0.134. The highest BCUT2D eigenvalue weighted by atomic mass is 35.5. The first kappa shape index (κ1) is 20.3. The zero-order valence-electron chi connectivity index (χ0n) is 12.1. The van der Waals surface area contributed by atoms with E-state index in [9.17, 15) is 4.79 Å². The number of nitrogens with two attached hydrogens (primary N) is 1. The Morgan fingerprint density at radius 2 is 2.00 bits per heavy atom. The molecule has 0 fully saturated rings. The number of nitrogens with one attached hydrogen (secondary N) is 1. The van der Waals surface area contributed by atoms with Gasteiger partial charge in [-0.3, -0.25) is 4.79 Å². The third-order valence-corrected chi connectivity index (χ3v) is 3.74. The summed E-state index contributed by atoms with van der Waals surface area (Å²) in [4.78, 5) is 12.3. The second kappa shape index (κ2) is 10.1. The van der Waals surface area contributed by atoms with Gasteiger partial charge >= 0.3 is 0 Å². The number of benzene rings is 1. The van der Waals surface area contributed by atoms with Crippen molar-refractivity contribution in [2.45, 2.75) is 32.2 Å². The topological polar surface area (TPSA) is 64.3 Å². The smallest absolute Gasteiger partial charge is 0.255 e. The minimum atomic E-state index is -0.257. The molecule has 21 heavy (non-hydrogen) atoms. The summed E-state index contributed by atoms with van der Waals surface area (Å²) in [5.41, 5.74) is 6.03. The van der Waals surface area contributed by atoms with Gasteiger partial charge in [-0.2, -0.15) is 0 Å². The van der Waals surface area contributed by atoms with Crippen molar-refractivity contribution < 1.29 is 9.53 Å². The molecule has 0 bridgehead atoms. The van der Waals surface area contributed by atoms with E-state index in [0.717, 1.165) is 19.3 Å². The highest BCUT2D eigenvalue weighted by molar-refractivity contribution is 6.42. The lowest BCUT2D eigenvalue weighted by atomic mass is 10.1. The first-order chi connectivity index (χ1) is 9.53. The Labute approximate surface area is 141 Å². The normalized spacial score (nSPS) is 11.5. The molecular formula is C14H21Cl3N2O2. The summed E-state index contributed by atoms with van der Waals surface area (Å²) in [6, 6.07) is 2.98. The zero-order chi connectivity index (χ0) is 15.1. The number of rotatable bonds is 7. The second-order valence-corrected chi connectivity index (χ2v) is 5.33. The zero-order valence-corrected chi connectivity index (χ0v) is 14.4. The van der Waals surface area contributed by atoms with E-state index in [1.807, 2.05) is 0 Å². The molecule has 0 aromatic heterocycles. The van der Waals surface area contributed by atoms with E-state index in [4.69, 9.17) is 33.7 Å². The van der Waals surface area contributed by atoms with Crippen molar-refractivity contribution in [1.82, 2.24) is 5.32 Å². The van der Waals surface area contributed by atoms with Crippen LogP contribution >= 0.6 is 35.6 Å². The SMILES string of the molecule is CCCCC(CN)NC(=O)c1cc(Cl)c(Cl)cc1OC.Cl. The fourth-order valence-corrected chi connectivity index (χ4v) is 2.15. The van der Waals surface area contributed by atoms with Gasteiger partial charge in [0.1, 0.15) is 5.75 Å². The van der Waals surface area contributed by atoms with Crippen molar-refractivity contribution in [3.63, 3.8) is 0 Å². The van der Waals surface area contributed by atoms with Gasteiger partial charge in [-0.05, 0) is 12.5 Å².